The molecule has 142 valence electrons. The second-order valence-electron chi connectivity index (χ2n) is 6.84. The fourth-order valence-electron chi connectivity index (χ4n) is 3.57. The summed E-state index contributed by atoms with van der Waals surface area (Å²) in [4.78, 5) is 19.4. The number of amides is 1. The van der Waals surface area contributed by atoms with Gasteiger partial charge in [-0.1, -0.05) is 36.4 Å². The molecule has 3 heterocycles. The number of carbonyl (C=O) groups is 1. The average molecular weight is 367 g/mol. The van der Waals surface area contributed by atoms with Gasteiger partial charge in [0.25, 0.3) is 0 Å². The van der Waals surface area contributed by atoms with E-state index in [0.29, 0.717) is 19.8 Å². The number of nitrogens with one attached hydrogen (secondary N) is 3. The zero-order chi connectivity index (χ0) is 18.5. The van der Waals surface area contributed by atoms with Gasteiger partial charge in [-0.15, -0.1) is 0 Å². The summed E-state index contributed by atoms with van der Waals surface area (Å²) in [7, 11) is 0. The first kappa shape index (κ1) is 17.9. The van der Waals surface area contributed by atoms with Crippen molar-refractivity contribution in [3.05, 3.63) is 59.8 Å². The summed E-state index contributed by atoms with van der Waals surface area (Å²) >= 11 is 0. The second-order valence-corrected chi connectivity index (χ2v) is 6.84. The topological polar surface area (TPSA) is 78.5 Å². The Balaban J connectivity index is 1.35. The van der Waals surface area contributed by atoms with Gasteiger partial charge < -0.3 is 15.0 Å². The van der Waals surface area contributed by atoms with Gasteiger partial charge in [-0.2, -0.15) is 0 Å². The number of pyridine rings is 1. The molecule has 1 aromatic carbocycles. The summed E-state index contributed by atoms with van der Waals surface area (Å²) in [5.41, 5.74) is 8.54. The predicted molar refractivity (Wildman–Crippen MR) is 103 cm³/mol. The van der Waals surface area contributed by atoms with Gasteiger partial charge in [0.2, 0.25) is 5.91 Å². The number of morpholine rings is 1. The Morgan fingerprint density at radius 3 is 2.78 bits per heavy atom. The van der Waals surface area contributed by atoms with E-state index in [0.717, 1.165) is 30.9 Å². The summed E-state index contributed by atoms with van der Waals surface area (Å²) in [5, 5.41) is 3.05. The molecular weight excluding hydrogens is 342 g/mol. The second kappa shape index (κ2) is 8.47. The minimum atomic E-state index is -0.251. The molecule has 2 unspecified atom stereocenters. The number of carbonyl (C=O) groups excluding carboxylic acids is 1. The number of aromatic nitrogens is 1. The fraction of sp³-hybridized carbons (Fsp3) is 0.400. The number of benzene rings is 1. The monoisotopic (exact) mass is 367 g/mol. The van der Waals surface area contributed by atoms with Gasteiger partial charge in [-0.3, -0.25) is 4.79 Å². The van der Waals surface area contributed by atoms with Gasteiger partial charge in [-0.05, 0) is 18.1 Å². The zero-order valence-electron chi connectivity index (χ0n) is 15.2. The molecule has 1 aromatic heterocycles. The van der Waals surface area contributed by atoms with Crippen molar-refractivity contribution in [1.82, 2.24) is 21.2 Å². The van der Waals surface area contributed by atoms with E-state index in [-0.39, 0.29) is 18.0 Å². The van der Waals surface area contributed by atoms with Crippen LogP contribution in [0.3, 0.4) is 0 Å². The van der Waals surface area contributed by atoms with Crippen molar-refractivity contribution in [1.29, 1.82) is 0 Å². The first-order chi connectivity index (χ1) is 13.3. The highest BCUT2D eigenvalue weighted by atomic mass is 16.5. The zero-order valence-corrected chi connectivity index (χ0v) is 15.2. The van der Waals surface area contributed by atoms with Crippen molar-refractivity contribution in [2.75, 3.05) is 31.2 Å². The maximum atomic E-state index is 12.6. The van der Waals surface area contributed by atoms with Crippen molar-refractivity contribution in [2.24, 2.45) is 0 Å². The van der Waals surface area contributed by atoms with Gasteiger partial charge in [0.15, 0.2) is 0 Å². The largest absolute Gasteiger partial charge is 0.378 e. The van der Waals surface area contributed by atoms with Gasteiger partial charge in [-0.25, -0.2) is 15.8 Å². The molecule has 7 heteroatoms. The number of hydrazine groups is 1. The van der Waals surface area contributed by atoms with Crippen LogP contribution in [0.5, 0.6) is 0 Å². The van der Waals surface area contributed by atoms with Crippen LogP contribution in [0, 0.1) is 0 Å². The fourth-order valence-corrected chi connectivity index (χ4v) is 3.57. The van der Waals surface area contributed by atoms with Crippen LogP contribution >= 0.6 is 0 Å². The van der Waals surface area contributed by atoms with E-state index in [1.807, 2.05) is 30.3 Å². The van der Waals surface area contributed by atoms with Crippen LogP contribution in [-0.2, 0) is 16.1 Å². The molecule has 2 aliphatic rings. The van der Waals surface area contributed by atoms with E-state index < -0.39 is 0 Å². The Morgan fingerprint density at radius 2 is 1.96 bits per heavy atom. The van der Waals surface area contributed by atoms with Crippen LogP contribution in [0.4, 0.5) is 5.82 Å². The summed E-state index contributed by atoms with van der Waals surface area (Å²) < 4.78 is 5.42. The third kappa shape index (κ3) is 4.27. The lowest BCUT2D eigenvalue weighted by molar-refractivity contribution is -0.123. The van der Waals surface area contributed by atoms with Gasteiger partial charge in [0.05, 0.1) is 13.2 Å². The lowest BCUT2D eigenvalue weighted by Gasteiger charge is -2.29. The number of rotatable bonds is 5. The molecule has 4 rings (SSSR count). The summed E-state index contributed by atoms with van der Waals surface area (Å²) in [5.74, 6) is 0.929. The summed E-state index contributed by atoms with van der Waals surface area (Å²) in [6.45, 7) is 3.53. The number of ether oxygens (including phenoxy) is 1. The third-order valence-electron chi connectivity index (χ3n) is 5.05. The smallest absolute Gasteiger partial charge is 0.238 e. The third-order valence-corrected chi connectivity index (χ3v) is 5.05. The molecule has 7 nitrogen and oxygen atoms in total. The van der Waals surface area contributed by atoms with Gasteiger partial charge in [0.1, 0.15) is 11.9 Å². The Bertz CT molecular complexity index is 764. The number of anilines is 1. The molecule has 2 fully saturated rings. The Kier molecular flexibility index (Phi) is 5.62. The molecule has 2 atom stereocenters. The summed E-state index contributed by atoms with van der Waals surface area (Å²) in [6, 6.07) is 14.0. The van der Waals surface area contributed by atoms with Crippen molar-refractivity contribution in [2.45, 2.75) is 25.0 Å². The van der Waals surface area contributed by atoms with Crippen molar-refractivity contribution in [3.63, 3.8) is 0 Å². The lowest BCUT2D eigenvalue weighted by atomic mass is 10.0. The Morgan fingerprint density at radius 1 is 1.15 bits per heavy atom. The van der Waals surface area contributed by atoms with E-state index in [2.05, 4.69) is 38.2 Å². The molecule has 0 radical (unpaired) electrons. The van der Waals surface area contributed by atoms with Crippen LogP contribution in [0.25, 0.3) is 0 Å². The standard InChI is InChI=1S/C20H25N5O2/c26-20(18-13-17(23-24-18)15-5-2-1-3-6-15)22-14-16-7-4-8-21-19(16)25-9-11-27-12-10-25/h1-8,17-18,23-24H,9-14H2,(H,22,26). The van der Waals surface area contributed by atoms with Crippen LogP contribution in [0.1, 0.15) is 23.6 Å². The molecule has 2 aromatic rings. The van der Waals surface area contributed by atoms with E-state index in [1.165, 1.54) is 5.56 Å². The predicted octanol–water partition coefficient (Wildman–Crippen LogP) is 1.14. The molecular formula is C20H25N5O2. The van der Waals surface area contributed by atoms with Gasteiger partial charge >= 0.3 is 0 Å². The van der Waals surface area contributed by atoms with E-state index in [4.69, 9.17) is 4.74 Å². The highest BCUT2D eigenvalue weighted by Crippen LogP contribution is 2.22. The molecule has 27 heavy (non-hydrogen) atoms. The average Bonchev–Trinajstić information content (AvgIpc) is 3.24. The molecule has 0 saturated carbocycles. The molecule has 0 bridgehead atoms. The molecule has 0 spiro atoms. The maximum Gasteiger partial charge on any atom is 0.238 e. The lowest BCUT2D eigenvalue weighted by Crippen LogP contribution is -2.43. The summed E-state index contributed by atoms with van der Waals surface area (Å²) in [6.07, 6.45) is 2.52. The highest BCUT2D eigenvalue weighted by Gasteiger charge is 2.30. The van der Waals surface area contributed by atoms with Gasteiger partial charge in [0, 0.05) is 37.4 Å². The highest BCUT2D eigenvalue weighted by molar-refractivity contribution is 5.82. The van der Waals surface area contributed by atoms with Crippen LogP contribution < -0.4 is 21.1 Å². The normalized spacial score (nSPS) is 22.6. The maximum absolute atomic E-state index is 12.6. The number of nitrogens with zero attached hydrogens (tertiary/aromatic N) is 2. The van der Waals surface area contributed by atoms with Crippen LogP contribution in [-0.4, -0.2) is 43.2 Å². The first-order valence-corrected chi connectivity index (χ1v) is 9.41. The Labute approximate surface area is 159 Å². The first-order valence-electron chi connectivity index (χ1n) is 9.41. The molecule has 2 aliphatic heterocycles. The van der Waals surface area contributed by atoms with Crippen LogP contribution in [0.15, 0.2) is 48.7 Å². The number of hydrogen-bond donors (Lipinski definition) is 3. The van der Waals surface area contributed by atoms with E-state index >= 15 is 0 Å². The Hall–Kier alpha value is -2.48. The van der Waals surface area contributed by atoms with Crippen LogP contribution in [0.2, 0.25) is 0 Å². The number of hydrogen-bond acceptors (Lipinski definition) is 6. The molecule has 3 N–H and O–H groups in total. The molecule has 0 aliphatic carbocycles. The minimum Gasteiger partial charge on any atom is -0.378 e. The van der Waals surface area contributed by atoms with Crippen molar-refractivity contribution < 1.29 is 9.53 Å². The quantitative estimate of drug-likeness (QED) is 0.736. The van der Waals surface area contributed by atoms with E-state index in [9.17, 15) is 4.79 Å². The molecule has 2 saturated heterocycles. The molecule has 1 amide bonds. The van der Waals surface area contributed by atoms with E-state index in [1.54, 1.807) is 6.20 Å². The minimum absolute atomic E-state index is 0.00212. The van der Waals surface area contributed by atoms with Crippen molar-refractivity contribution in [3.8, 4) is 0 Å². The SMILES string of the molecule is O=C(NCc1cccnc1N1CCOCC1)C1CC(c2ccccc2)NN1. The van der Waals surface area contributed by atoms with Crippen molar-refractivity contribution >= 4 is 11.7 Å².